The molecule has 174 valence electrons. The van der Waals surface area contributed by atoms with Crippen molar-refractivity contribution in [2.75, 3.05) is 19.5 Å². The van der Waals surface area contributed by atoms with Gasteiger partial charge in [0.05, 0.1) is 11.3 Å². The maximum atomic E-state index is 12.7. The molecule has 0 aliphatic rings. The van der Waals surface area contributed by atoms with Gasteiger partial charge in [0.15, 0.2) is 0 Å². The number of hydrogen-bond donors (Lipinski definition) is 1. The quantitative estimate of drug-likeness (QED) is 0.635. The van der Waals surface area contributed by atoms with Gasteiger partial charge in [0, 0.05) is 26.0 Å². The van der Waals surface area contributed by atoms with Gasteiger partial charge in [-0.25, -0.2) is 9.59 Å². The van der Waals surface area contributed by atoms with Gasteiger partial charge in [0.1, 0.15) is 18.2 Å². The van der Waals surface area contributed by atoms with Crippen LogP contribution in [0, 0.1) is 0 Å². The van der Waals surface area contributed by atoms with E-state index in [1.807, 2.05) is 44.2 Å². The zero-order valence-corrected chi connectivity index (χ0v) is 19.8. The van der Waals surface area contributed by atoms with Crippen molar-refractivity contribution >= 4 is 17.9 Å². The first-order chi connectivity index (χ1) is 14.9. The lowest BCUT2D eigenvalue weighted by molar-refractivity contribution is -0.0566. The molecule has 2 amide bonds. The molecule has 1 aromatic carbocycles. The summed E-state index contributed by atoms with van der Waals surface area (Å²) in [7, 11) is 3.20. The normalized spacial score (nSPS) is 12.6. The zero-order chi connectivity index (χ0) is 23.9. The first-order valence-corrected chi connectivity index (χ1v) is 10.4. The van der Waals surface area contributed by atoms with Crippen LogP contribution in [-0.4, -0.2) is 47.4 Å². The van der Waals surface area contributed by atoms with Crippen molar-refractivity contribution in [2.24, 2.45) is 0 Å². The fourth-order valence-corrected chi connectivity index (χ4v) is 3.12. The highest BCUT2D eigenvalue weighted by Crippen LogP contribution is 2.34. The Hall–Kier alpha value is -3.13. The molecule has 0 radical (unpaired) electrons. The molecule has 1 unspecified atom stereocenters. The third-order valence-corrected chi connectivity index (χ3v) is 4.77. The molecule has 0 aliphatic heterocycles. The molecular formula is C24H33N3O5. The van der Waals surface area contributed by atoms with Crippen LogP contribution in [0.4, 0.5) is 15.3 Å². The predicted molar refractivity (Wildman–Crippen MR) is 122 cm³/mol. The molecule has 2 rings (SSSR count). The molecular weight excluding hydrogens is 410 g/mol. The van der Waals surface area contributed by atoms with Crippen LogP contribution in [0.5, 0.6) is 0 Å². The van der Waals surface area contributed by atoms with E-state index in [0.717, 1.165) is 5.56 Å². The van der Waals surface area contributed by atoms with E-state index in [-0.39, 0.29) is 6.61 Å². The summed E-state index contributed by atoms with van der Waals surface area (Å²) in [5.41, 5.74) is 0.477. The molecule has 32 heavy (non-hydrogen) atoms. The van der Waals surface area contributed by atoms with E-state index in [1.165, 1.54) is 4.90 Å². The van der Waals surface area contributed by atoms with Crippen LogP contribution in [0.2, 0.25) is 0 Å². The number of likely N-dealkylation sites (N-methyl/N-ethyl adjacent to an activating group) is 1. The number of hydrogen-bond acceptors (Lipinski definition) is 6. The molecule has 0 spiro atoms. The van der Waals surface area contributed by atoms with Crippen LogP contribution in [0.25, 0.3) is 0 Å². The van der Waals surface area contributed by atoms with E-state index in [0.29, 0.717) is 11.4 Å². The van der Waals surface area contributed by atoms with Crippen molar-refractivity contribution in [1.29, 1.82) is 0 Å². The second-order valence-electron chi connectivity index (χ2n) is 8.96. The van der Waals surface area contributed by atoms with Gasteiger partial charge in [0.25, 0.3) is 0 Å². The second-order valence-corrected chi connectivity index (χ2v) is 8.96. The van der Waals surface area contributed by atoms with E-state index < -0.39 is 29.4 Å². The van der Waals surface area contributed by atoms with E-state index in [1.54, 1.807) is 53.3 Å². The minimum absolute atomic E-state index is 0.158. The van der Waals surface area contributed by atoms with Crippen molar-refractivity contribution in [2.45, 2.75) is 58.5 Å². The van der Waals surface area contributed by atoms with E-state index >= 15 is 0 Å². The Morgan fingerprint density at radius 3 is 2.34 bits per heavy atom. The first kappa shape index (κ1) is 25.1. The van der Waals surface area contributed by atoms with Gasteiger partial charge in [-0.15, -0.1) is 0 Å². The summed E-state index contributed by atoms with van der Waals surface area (Å²) in [6.45, 7) is 9.28. The zero-order valence-electron chi connectivity index (χ0n) is 19.8. The first-order valence-electron chi connectivity index (χ1n) is 10.4. The lowest BCUT2D eigenvalue weighted by Gasteiger charge is -2.39. The van der Waals surface area contributed by atoms with Crippen LogP contribution in [-0.2, 0) is 20.8 Å². The Morgan fingerprint density at radius 2 is 1.75 bits per heavy atom. The van der Waals surface area contributed by atoms with Crippen LogP contribution >= 0.6 is 0 Å². The van der Waals surface area contributed by atoms with Gasteiger partial charge in [-0.05, 0) is 52.3 Å². The molecule has 8 heteroatoms. The summed E-state index contributed by atoms with van der Waals surface area (Å²) in [4.78, 5) is 30.9. The average Bonchev–Trinajstić information content (AvgIpc) is 2.72. The lowest BCUT2D eigenvalue weighted by Crippen LogP contribution is -2.46. The molecule has 1 heterocycles. The van der Waals surface area contributed by atoms with E-state index in [2.05, 4.69) is 10.3 Å². The highest BCUT2D eigenvalue weighted by molar-refractivity contribution is 5.84. The fourth-order valence-electron chi connectivity index (χ4n) is 3.12. The molecule has 0 saturated carbocycles. The van der Waals surface area contributed by atoms with Crippen molar-refractivity contribution in [3.8, 4) is 0 Å². The Kier molecular flexibility index (Phi) is 8.21. The summed E-state index contributed by atoms with van der Waals surface area (Å²) in [5.74, 6) is 0. The van der Waals surface area contributed by atoms with Crippen molar-refractivity contribution in [1.82, 2.24) is 9.88 Å². The summed E-state index contributed by atoms with van der Waals surface area (Å²) in [6.07, 6.45) is 0.466. The number of benzene rings is 1. The highest BCUT2D eigenvalue weighted by Gasteiger charge is 2.39. The van der Waals surface area contributed by atoms with Gasteiger partial charge in [0.2, 0.25) is 0 Å². The number of carbonyl (C=O) groups is 2. The molecule has 2 aromatic rings. The lowest BCUT2D eigenvalue weighted by atomic mass is 9.93. The third kappa shape index (κ3) is 7.23. The van der Waals surface area contributed by atoms with E-state index in [4.69, 9.17) is 14.2 Å². The minimum Gasteiger partial charge on any atom is -0.444 e. The van der Waals surface area contributed by atoms with Crippen molar-refractivity contribution in [3.05, 3.63) is 59.9 Å². The number of rotatable bonds is 7. The largest absolute Gasteiger partial charge is 0.444 e. The Morgan fingerprint density at radius 1 is 1.09 bits per heavy atom. The van der Waals surface area contributed by atoms with Crippen LogP contribution < -0.4 is 5.32 Å². The van der Waals surface area contributed by atoms with E-state index in [9.17, 15) is 9.59 Å². The predicted octanol–water partition coefficient (Wildman–Crippen LogP) is 5.16. The Bertz CT molecular complexity index is 909. The monoisotopic (exact) mass is 443 g/mol. The Labute approximate surface area is 189 Å². The molecule has 0 saturated heterocycles. The summed E-state index contributed by atoms with van der Waals surface area (Å²) in [5, 5.41) is 2.71. The molecule has 0 bridgehead atoms. The topological polar surface area (TPSA) is 90.0 Å². The second kappa shape index (κ2) is 10.5. The number of anilines is 1. The summed E-state index contributed by atoms with van der Waals surface area (Å²) in [6, 6.07) is 12.2. The number of pyridine rings is 1. The minimum atomic E-state index is -0.787. The number of carbonyl (C=O) groups excluding carboxylic acids is 2. The number of methoxy groups -OCH3 is 1. The number of nitrogens with one attached hydrogen (secondary N) is 1. The maximum absolute atomic E-state index is 12.7. The fraction of sp³-hybridized carbons (Fsp3) is 0.458. The van der Waals surface area contributed by atoms with Crippen LogP contribution in [0.1, 0.15) is 51.9 Å². The number of nitrogens with zero attached hydrogens (tertiary/aromatic N) is 2. The highest BCUT2D eigenvalue weighted by atomic mass is 16.6. The van der Waals surface area contributed by atoms with Crippen LogP contribution in [0.3, 0.4) is 0 Å². The molecule has 1 N–H and O–H groups in total. The van der Waals surface area contributed by atoms with Crippen molar-refractivity contribution in [3.63, 3.8) is 0 Å². The van der Waals surface area contributed by atoms with Gasteiger partial charge in [-0.1, -0.05) is 30.3 Å². The summed E-state index contributed by atoms with van der Waals surface area (Å²) < 4.78 is 16.5. The van der Waals surface area contributed by atoms with Gasteiger partial charge >= 0.3 is 12.2 Å². The molecule has 1 aromatic heterocycles. The summed E-state index contributed by atoms with van der Waals surface area (Å²) >= 11 is 0. The number of ether oxygens (including phenoxy) is 3. The number of aromatic nitrogens is 1. The smallest absolute Gasteiger partial charge is 0.411 e. The third-order valence-electron chi connectivity index (χ3n) is 4.77. The molecule has 1 atom stereocenters. The molecule has 8 nitrogen and oxygen atoms in total. The van der Waals surface area contributed by atoms with Gasteiger partial charge in [-0.2, -0.15) is 0 Å². The van der Waals surface area contributed by atoms with Crippen LogP contribution in [0.15, 0.2) is 48.7 Å². The van der Waals surface area contributed by atoms with Gasteiger partial charge in [-0.3, -0.25) is 15.2 Å². The van der Waals surface area contributed by atoms with Crippen molar-refractivity contribution < 1.29 is 23.8 Å². The molecule has 0 aliphatic carbocycles. The molecule has 0 fully saturated rings. The maximum Gasteiger partial charge on any atom is 0.411 e. The SMILES string of the molecule is COC(C)(C)C(c1cc(NC(=O)OCc2ccccc2)ccn1)N(C)C(=O)OC(C)(C)C. The Balaban J connectivity index is 2.19. The van der Waals surface area contributed by atoms with Gasteiger partial charge < -0.3 is 14.2 Å². The standard InChI is InChI=1S/C24H33N3O5/c1-23(2,3)32-22(29)27(6)20(24(4,5)30-7)19-15-18(13-14-25-19)26-21(28)31-16-17-11-9-8-10-12-17/h8-15,20H,16H2,1-7H3,(H,25,26,28). The number of amides is 2. The average molecular weight is 444 g/mol.